The van der Waals surface area contributed by atoms with E-state index in [-0.39, 0.29) is 23.7 Å². The quantitative estimate of drug-likeness (QED) is 0.836. The summed E-state index contributed by atoms with van der Waals surface area (Å²) in [5, 5.41) is 8.57. The third-order valence-corrected chi connectivity index (χ3v) is 4.05. The molecule has 1 N–H and O–H groups in total. The molecule has 0 amide bonds. The summed E-state index contributed by atoms with van der Waals surface area (Å²) in [6, 6.07) is 3.52. The number of aliphatic carboxylic acids is 1. The lowest BCUT2D eigenvalue weighted by Crippen LogP contribution is -2.29. The maximum absolute atomic E-state index is 13.4. The number of Topliss-reactive ketones (excluding diaryl/α,β-unsaturated/α-hetero) is 1. The van der Waals surface area contributed by atoms with Gasteiger partial charge in [-0.25, -0.2) is 0 Å². The van der Waals surface area contributed by atoms with Crippen LogP contribution in [-0.2, 0) is 11.0 Å². The van der Waals surface area contributed by atoms with Crippen LogP contribution in [0.4, 0.5) is 18.9 Å². The average Bonchev–Trinajstić information content (AvgIpc) is 2.89. The van der Waals surface area contributed by atoms with Crippen LogP contribution < -0.4 is 4.90 Å². The van der Waals surface area contributed by atoms with Gasteiger partial charge in [0, 0.05) is 30.3 Å². The third kappa shape index (κ3) is 4.03. The van der Waals surface area contributed by atoms with Gasteiger partial charge in [-0.15, -0.1) is 0 Å². The van der Waals surface area contributed by atoms with Crippen LogP contribution in [0.2, 0.25) is 0 Å². The number of ketones is 1. The van der Waals surface area contributed by atoms with Gasteiger partial charge < -0.3 is 10.0 Å². The molecule has 0 aliphatic carbocycles. The predicted molar refractivity (Wildman–Crippen MR) is 78.7 cm³/mol. The van der Waals surface area contributed by atoms with E-state index >= 15 is 0 Å². The number of rotatable bonds is 5. The molecule has 1 aromatic carbocycles. The number of carboxylic acid groups (broad SMARTS) is 1. The number of hydrogen-bond donors (Lipinski definition) is 1. The number of carbonyl (C=O) groups excluding carboxylic acids is 1. The van der Waals surface area contributed by atoms with Gasteiger partial charge in [-0.05, 0) is 38.0 Å². The number of anilines is 1. The van der Waals surface area contributed by atoms with Crippen molar-refractivity contribution in [1.29, 1.82) is 0 Å². The molecule has 2 rings (SSSR count). The third-order valence-electron chi connectivity index (χ3n) is 4.05. The van der Waals surface area contributed by atoms with E-state index in [1.54, 1.807) is 4.90 Å². The monoisotopic (exact) mass is 329 g/mol. The molecule has 0 bridgehead atoms. The maximum atomic E-state index is 13.4. The highest BCUT2D eigenvalue weighted by molar-refractivity contribution is 5.98. The van der Waals surface area contributed by atoms with Crippen LogP contribution in [0.1, 0.15) is 48.5 Å². The molecule has 1 aliphatic heterocycles. The van der Waals surface area contributed by atoms with Crippen molar-refractivity contribution in [2.24, 2.45) is 0 Å². The zero-order chi connectivity index (χ0) is 17.2. The van der Waals surface area contributed by atoms with Crippen LogP contribution in [0, 0.1) is 0 Å². The van der Waals surface area contributed by atoms with Gasteiger partial charge in [-0.2, -0.15) is 13.2 Å². The summed E-state index contributed by atoms with van der Waals surface area (Å²) in [4.78, 5) is 24.1. The van der Waals surface area contributed by atoms with E-state index in [9.17, 15) is 22.8 Å². The van der Waals surface area contributed by atoms with Crippen molar-refractivity contribution in [3.05, 3.63) is 29.3 Å². The summed E-state index contributed by atoms with van der Waals surface area (Å²) in [6.07, 6.45) is -3.62. The normalized spacial score (nSPS) is 18.3. The Bertz CT molecular complexity index is 613. The molecule has 4 nitrogen and oxygen atoms in total. The van der Waals surface area contributed by atoms with Gasteiger partial charge in [-0.3, -0.25) is 9.59 Å². The minimum Gasteiger partial charge on any atom is -0.481 e. The standard InChI is InChI=1S/C16H18F3NO3/c1-10-3-2-8-20(10)13-5-4-11(9-12(13)16(17,18)19)14(21)6-7-15(22)23/h4-5,9-10H,2-3,6-8H2,1H3,(H,22,23). The molecule has 126 valence electrons. The second kappa shape index (κ2) is 6.60. The number of carbonyl (C=O) groups is 2. The summed E-state index contributed by atoms with van der Waals surface area (Å²) in [7, 11) is 0. The van der Waals surface area contributed by atoms with Crippen molar-refractivity contribution in [3.63, 3.8) is 0 Å². The van der Waals surface area contributed by atoms with Crippen LogP contribution in [0.15, 0.2) is 18.2 Å². The van der Waals surface area contributed by atoms with Crippen molar-refractivity contribution < 1.29 is 27.9 Å². The molecule has 1 aliphatic rings. The molecular formula is C16H18F3NO3. The van der Waals surface area contributed by atoms with Gasteiger partial charge >= 0.3 is 12.1 Å². The Morgan fingerprint density at radius 3 is 2.52 bits per heavy atom. The predicted octanol–water partition coefficient (Wildman–Crippen LogP) is 3.74. The molecule has 1 unspecified atom stereocenters. The summed E-state index contributed by atoms with van der Waals surface area (Å²) in [6.45, 7) is 2.43. The summed E-state index contributed by atoms with van der Waals surface area (Å²) >= 11 is 0. The van der Waals surface area contributed by atoms with E-state index in [1.807, 2.05) is 6.92 Å². The van der Waals surface area contributed by atoms with Crippen LogP contribution in [-0.4, -0.2) is 29.4 Å². The topological polar surface area (TPSA) is 57.6 Å². The van der Waals surface area contributed by atoms with Crippen LogP contribution >= 0.6 is 0 Å². The van der Waals surface area contributed by atoms with E-state index in [0.717, 1.165) is 18.9 Å². The van der Waals surface area contributed by atoms with Gasteiger partial charge in [-0.1, -0.05) is 0 Å². The summed E-state index contributed by atoms with van der Waals surface area (Å²) in [5.74, 6) is -1.75. The second-order valence-electron chi connectivity index (χ2n) is 5.73. The van der Waals surface area contributed by atoms with Crippen molar-refractivity contribution >= 4 is 17.4 Å². The number of alkyl halides is 3. The molecule has 1 aromatic rings. The lowest BCUT2D eigenvalue weighted by molar-refractivity contribution is -0.138. The Kier molecular flexibility index (Phi) is 4.97. The lowest BCUT2D eigenvalue weighted by Gasteiger charge is -2.27. The largest absolute Gasteiger partial charge is 0.481 e. The van der Waals surface area contributed by atoms with Gasteiger partial charge in [0.25, 0.3) is 0 Å². The number of halogens is 3. The first-order chi connectivity index (χ1) is 10.7. The average molecular weight is 329 g/mol. The molecule has 1 fully saturated rings. The van der Waals surface area contributed by atoms with Crippen molar-refractivity contribution in [2.75, 3.05) is 11.4 Å². The molecule has 0 saturated carbocycles. The molecule has 7 heteroatoms. The van der Waals surface area contributed by atoms with E-state index in [0.29, 0.717) is 6.54 Å². The highest BCUT2D eigenvalue weighted by atomic mass is 19.4. The zero-order valence-corrected chi connectivity index (χ0v) is 12.7. The minimum atomic E-state index is -4.57. The van der Waals surface area contributed by atoms with Gasteiger partial charge in [0.15, 0.2) is 5.78 Å². The van der Waals surface area contributed by atoms with E-state index < -0.39 is 29.9 Å². The molecule has 0 aromatic heterocycles. The van der Waals surface area contributed by atoms with E-state index in [1.165, 1.54) is 12.1 Å². The Hall–Kier alpha value is -2.05. The molecule has 1 atom stereocenters. The number of hydrogen-bond acceptors (Lipinski definition) is 3. The molecule has 0 spiro atoms. The first-order valence-corrected chi connectivity index (χ1v) is 7.43. The molecule has 1 saturated heterocycles. The van der Waals surface area contributed by atoms with Crippen LogP contribution in [0.25, 0.3) is 0 Å². The Morgan fingerprint density at radius 1 is 1.30 bits per heavy atom. The van der Waals surface area contributed by atoms with E-state index in [2.05, 4.69) is 0 Å². The van der Waals surface area contributed by atoms with Crippen molar-refractivity contribution in [3.8, 4) is 0 Å². The summed E-state index contributed by atoms with van der Waals surface area (Å²) in [5.41, 5.74) is -0.862. The Morgan fingerprint density at radius 2 is 2.00 bits per heavy atom. The van der Waals surface area contributed by atoms with Crippen LogP contribution in [0.5, 0.6) is 0 Å². The highest BCUT2D eigenvalue weighted by Gasteiger charge is 2.37. The van der Waals surface area contributed by atoms with E-state index in [4.69, 9.17) is 5.11 Å². The summed E-state index contributed by atoms with van der Waals surface area (Å²) < 4.78 is 40.1. The van der Waals surface area contributed by atoms with Crippen LogP contribution in [0.3, 0.4) is 0 Å². The Labute approximate surface area is 131 Å². The molecular weight excluding hydrogens is 311 g/mol. The highest BCUT2D eigenvalue weighted by Crippen LogP contribution is 2.39. The number of benzene rings is 1. The van der Waals surface area contributed by atoms with Crippen molar-refractivity contribution in [2.45, 2.75) is 44.8 Å². The van der Waals surface area contributed by atoms with Gasteiger partial charge in [0.05, 0.1) is 12.0 Å². The number of carboxylic acids is 1. The molecule has 23 heavy (non-hydrogen) atoms. The van der Waals surface area contributed by atoms with Crippen molar-refractivity contribution in [1.82, 2.24) is 0 Å². The SMILES string of the molecule is CC1CCCN1c1ccc(C(=O)CCC(=O)O)cc1C(F)(F)F. The van der Waals surface area contributed by atoms with Gasteiger partial charge in [0.1, 0.15) is 0 Å². The maximum Gasteiger partial charge on any atom is 0.418 e. The first-order valence-electron chi connectivity index (χ1n) is 7.43. The fraction of sp³-hybridized carbons (Fsp3) is 0.500. The fourth-order valence-electron chi connectivity index (χ4n) is 2.84. The zero-order valence-electron chi connectivity index (χ0n) is 12.7. The first kappa shape index (κ1) is 17.3. The Balaban J connectivity index is 2.35. The van der Waals surface area contributed by atoms with Gasteiger partial charge in [0.2, 0.25) is 0 Å². The smallest absolute Gasteiger partial charge is 0.418 e. The fourth-order valence-corrected chi connectivity index (χ4v) is 2.84. The minimum absolute atomic E-state index is 0.0182. The second-order valence-corrected chi connectivity index (χ2v) is 5.73. The lowest BCUT2D eigenvalue weighted by atomic mass is 10.0. The molecule has 0 radical (unpaired) electrons. The molecule has 1 heterocycles. The number of nitrogens with zero attached hydrogens (tertiary/aromatic N) is 1.